The Labute approximate surface area is 136 Å². The van der Waals surface area contributed by atoms with Gasteiger partial charge in [-0.2, -0.15) is 0 Å². The molecule has 0 aliphatic heterocycles. The lowest BCUT2D eigenvalue weighted by molar-refractivity contribution is 0.116. The number of aromatic nitrogens is 2. The van der Waals surface area contributed by atoms with Gasteiger partial charge in [0, 0.05) is 41.5 Å². The third-order valence-corrected chi connectivity index (χ3v) is 4.15. The molecule has 0 amide bonds. The van der Waals surface area contributed by atoms with Crippen molar-refractivity contribution in [2.75, 3.05) is 13.2 Å². The molecule has 4 heteroatoms. The maximum absolute atomic E-state index is 10.6. The Hall–Kier alpha value is -2.33. The molecule has 3 aromatic rings. The molecule has 0 spiro atoms. The van der Waals surface area contributed by atoms with E-state index in [2.05, 4.69) is 17.1 Å². The first kappa shape index (κ1) is 15.6. The number of ether oxygens (including phenoxy) is 1. The van der Waals surface area contributed by atoms with Crippen molar-refractivity contribution < 1.29 is 9.84 Å². The van der Waals surface area contributed by atoms with E-state index in [0.717, 1.165) is 27.5 Å². The van der Waals surface area contributed by atoms with Crippen molar-refractivity contribution in [2.45, 2.75) is 26.8 Å². The molecule has 2 aromatic heterocycles. The Balaban J connectivity index is 2.07. The van der Waals surface area contributed by atoms with Gasteiger partial charge in [-0.05, 0) is 44.0 Å². The van der Waals surface area contributed by atoms with Gasteiger partial charge in [0.05, 0.1) is 12.6 Å². The summed E-state index contributed by atoms with van der Waals surface area (Å²) in [7, 11) is 0. The van der Waals surface area contributed by atoms with Crippen molar-refractivity contribution >= 4 is 10.8 Å². The van der Waals surface area contributed by atoms with E-state index < -0.39 is 0 Å². The Bertz CT molecular complexity index is 809. The minimum atomic E-state index is 0.0867. The average molecular weight is 310 g/mol. The summed E-state index contributed by atoms with van der Waals surface area (Å²) >= 11 is 0. The number of aromatic hydroxyl groups is 1. The van der Waals surface area contributed by atoms with Crippen LogP contribution in [0.3, 0.4) is 0 Å². The van der Waals surface area contributed by atoms with Crippen molar-refractivity contribution in [2.24, 2.45) is 0 Å². The summed E-state index contributed by atoms with van der Waals surface area (Å²) < 4.78 is 7.37. The zero-order chi connectivity index (χ0) is 16.4. The predicted molar refractivity (Wildman–Crippen MR) is 92.8 cm³/mol. The van der Waals surface area contributed by atoms with Gasteiger partial charge in [-0.1, -0.05) is 12.1 Å². The van der Waals surface area contributed by atoms with Crippen LogP contribution in [-0.2, 0) is 4.74 Å². The molecule has 4 nitrogen and oxygen atoms in total. The topological polar surface area (TPSA) is 47.3 Å². The molecule has 2 heterocycles. The molecule has 0 aliphatic rings. The summed E-state index contributed by atoms with van der Waals surface area (Å²) in [5, 5.41) is 12.5. The number of aryl methyl sites for hydroxylation is 1. The Kier molecular flexibility index (Phi) is 4.35. The lowest BCUT2D eigenvalue weighted by Crippen LogP contribution is -2.10. The number of nitrogens with zero attached hydrogens (tertiary/aromatic N) is 2. The van der Waals surface area contributed by atoms with Crippen LogP contribution in [0.4, 0.5) is 0 Å². The number of hydrogen-bond acceptors (Lipinski definition) is 3. The number of fused-ring (bicyclic) bond motifs is 1. The standard InChI is InChI=1S/C19H22N2O2/c1-4-23-12-14(3)21-11-17-9-16(15-6-5-7-20-10-15)8-13(2)18(17)19(21)22/h5-11,14,22H,4,12H2,1-3H3. The maximum Gasteiger partial charge on any atom is 0.199 e. The highest BCUT2D eigenvalue weighted by Crippen LogP contribution is 2.35. The van der Waals surface area contributed by atoms with Crippen LogP contribution in [0.5, 0.6) is 5.88 Å². The molecule has 1 atom stereocenters. The van der Waals surface area contributed by atoms with Crippen LogP contribution in [-0.4, -0.2) is 27.9 Å². The van der Waals surface area contributed by atoms with Crippen LogP contribution in [0, 0.1) is 6.92 Å². The average Bonchev–Trinajstić information content (AvgIpc) is 2.91. The van der Waals surface area contributed by atoms with Crippen molar-refractivity contribution in [3.05, 3.63) is 48.4 Å². The molecular formula is C19H22N2O2. The molecule has 0 radical (unpaired) electrons. The van der Waals surface area contributed by atoms with Crippen molar-refractivity contribution in [3.8, 4) is 17.0 Å². The van der Waals surface area contributed by atoms with Gasteiger partial charge in [-0.3, -0.25) is 4.98 Å². The quantitative estimate of drug-likeness (QED) is 0.763. The van der Waals surface area contributed by atoms with Gasteiger partial charge in [0.1, 0.15) is 0 Å². The summed E-state index contributed by atoms with van der Waals surface area (Å²) in [6.45, 7) is 7.31. The minimum Gasteiger partial charge on any atom is -0.494 e. The summed E-state index contributed by atoms with van der Waals surface area (Å²) in [6, 6.07) is 8.26. The zero-order valence-corrected chi connectivity index (χ0v) is 13.8. The molecule has 0 fully saturated rings. The first-order valence-corrected chi connectivity index (χ1v) is 7.94. The summed E-state index contributed by atoms with van der Waals surface area (Å²) in [6.07, 6.45) is 5.63. The van der Waals surface area contributed by atoms with Crippen LogP contribution >= 0.6 is 0 Å². The molecule has 0 saturated heterocycles. The highest BCUT2D eigenvalue weighted by Gasteiger charge is 2.16. The van der Waals surface area contributed by atoms with Crippen LogP contribution < -0.4 is 0 Å². The molecule has 0 bridgehead atoms. The third-order valence-electron chi connectivity index (χ3n) is 4.15. The van der Waals surface area contributed by atoms with Gasteiger partial charge in [0.15, 0.2) is 5.88 Å². The van der Waals surface area contributed by atoms with E-state index >= 15 is 0 Å². The number of hydrogen-bond donors (Lipinski definition) is 1. The summed E-state index contributed by atoms with van der Waals surface area (Å²) in [4.78, 5) is 4.18. The molecular weight excluding hydrogens is 288 g/mol. The van der Waals surface area contributed by atoms with Crippen LogP contribution in [0.15, 0.2) is 42.9 Å². The second-order valence-electron chi connectivity index (χ2n) is 5.87. The Morgan fingerprint density at radius 1 is 1.30 bits per heavy atom. The minimum absolute atomic E-state index is 0.0867. The van der Waals surface area contributed by atoms with Gasteiger partial charge in [0.25, 0.3) is 0 Å². The normalized spacial score (nSPS) is 12.7. The van der Waals surface area contributed by atoms with Gasteiger partial charge >= 0.3 is 0 Å². The summed E-state index contributed by atoms with van der Waals surface area (Å²) in [5.41, 5.74) is 3.24. The van der Waals surface area contributed by atoms with Gasteiger partial charge in [-0.15, -0.1) is 0 Å². The van der Waals surface area contributed by atoms with Crippen molar-refractivity contribution in [1.82, 2.24) is 9.55 Å². The Morgan fingerprint density at radius 3 is 2.83 bits per heavy atom. The molecule has 1 unspecified atom stereocenters. The SMILES string of the molecule is CCOCC(C)n1cc2cc(-c3cccnc3)cc(C)c2c1O. The molecule has 23 heavy (non-hydrogen) atoms. The van der Waals surface area contributed by atoms with Crippen LogP contribution in [0.1, 0.15) is 25.5 Å². The largest absolute Gasteiger partial charge is 0.494 e. The van der Waals surface area contributed by atoms with E-state index in [0.29, 0.717) is 19.1 Å². The fourth-order valence-corrected chi connectivity index (χ4v) is 2.97. The van der Waals surface area contributed by atoms with Gasteiger partial charge in [0.2, 0.25) is 0 Å². The molecule has 1 N–H and O–H groups in total. The predicted octanol–water partition coefficient (Wildman–Crippen LogP) is 4.31. The third kappa shape index (κ3) is 2.94. The first-order valence-electron chi connectivity index (χ1n) is 7.94. The second kappa shape index (κ2) is 6.42. The second-order valence-corrected chi connectivity index (χ2v) is 5.87. The molecule has 0 aliphatic carbocycles. The molecule has 0 saturated carbocycles. The first-order chi connectivity index (χ1) is 11.1. The highest BCUT2D eigenvalue weighted by atomic mass is 16.5. The fraction of sp³-hybridized carbons (Fsp3) is 0.316. The summed E-state index contributed by atoms with van der Waals surface area (Å²) in [5.74, 6) is 0.308. The molecule has 3 rings (SSSR count). The highest BCUT2D eigenvalue weighted by molar-refractivity contribution is 5.94. The van der Waals surface area contributed by atoms with E-state index in [1.165, 1.54) is 0 Å². The lowest BCUT2D eigenvalue weighted by Gasteiger charge is -2.14. The van der Waals surface area contributed by atoms with Crippen LogP contribution in [0.25, 0.3) is 21.9 Å². The molecule has 120 valence electrons. The van der Waals surface area contributed by atoms with E-state index in [1.807, 2.05) is 49.9 Å². The lowest BCUT2D eigenvalue weighted by atomic mass is 10.0. The van der Waals surface area contributed by atoms with Crippen molar-refractivity contribution in [1.29, 1.82) is 0 Å². The fourth-order valence-electron chi connectivity index (χ4n) is 2.97. The molecule has 1 aromatic carbocycles. The zero-order valence-electron chi connectivity index (χ0n) is 13.8. The monoisotopic (exact) mass is 310 g/mol. The number of pyridine rings is 1. The van der Waals surface area contributed by atoms with E-state index in [4.69, 9.17) is 4.74 Å². The van der Waals surface area contributed by atoms with Gasteiger partial charge in [-0.25, -0.2) is 0 Å². The van der Waals surface area contributed by atoms with Crippen LogP contribution in [0.2, 0.25) is 0 Å². The smallest absolute Gasteiger partial charge is 0.199 e. The van der Waals surface area contributed by atoms with E-state index in [9.17, 15) is 5.11 Å². The Morgan fingerprint density at radius 2 is 2.13 bits per heavy atom. The number of rotatable bonds is 5. The van der Waals surface area contributed by atoms with E-state index in [1.54, 1.807) is 6.20 Å². The van der Waals surface area contributed by atoms with Gasteiger partial charge < -0.3 is 14.4 Å². The van der Waals surface area contributed by atoms with E-state index in [-0.39, 0.29) is 6.04 Å². The van der Waals surface area contributed by atoms with Crippen molar-refractivity contribution in [3.63, 3.8) is 0 Å². The number of benzene rings is 1. The maximum atomic E-state index is 10.6.